The van der Waals surface area contributed by atoms with Crippen molar-refractivity contribution < 1.29 is 4.79 Å². The van der Waals surface area contributed by atoms with E-state index in [9.17, 15) is 4.79 Å². The van der Waals surface area contributed by atoms with Crippen molar-refractivity contribution in [2.45, 2.75) is 20.0 Å². The SMILES string of the molecule is CCn1c(CNC(=O)c2ccc(Cl)c(I)c2)n[nH]c1=S. The van der Waals surface area contributed by atoms with Gasteiger partial charge in [-0.2, -0.15) is 5.10 Å². The van der Waals surface area contributed by atoms with E-state index in [1.54, 1.807) is 18.2 Å². The summed E-state index contributed by atoms with van der Waals surface area (Å²) >= 11 is 13.1. The monoisotopic (exact) mass is 422 g/mol. The van der Waals surface area contributed by atoms with E-state index >= 15 is 0 Å². The lowest BCUT2D eigenvalue weighted by molar-refractivity contribution is 0.0949. The van der Waals surface area contributed by atoms with Crippen molar-refractivity contribution in [1.29, 1.82) is 0 Å². The lowest BCUT2D eigenvalue weighted by Crippen LogP contribution is -2.24. The van der Waals surface area contributed by atoms with Crippen molar-refractivity contribution in [1.82, 2.24) is 20.1 Å². The third kappa shape index (κ3) is 3.39. The maximum absolute atomic E-state index is 12.1. The average molecular weight is 423 g/mol. The molecular weight excluding hydrogens is 411 g/mol. The van der Waals surface area contributed by atoms with Gasteiger partial charge < -0.3 is 9.88 Å². The summed E-state index contributed by atoms with van der Waals surface area (Å²) in [6.45, 7) is 3.00. The molecule has 2 rings (SSSR count). The van der Waals surface area contributed by atoms with Crippen molar-refractivity contribution in [3.05, 3.63) is 43.0 Å². The molecule has 0 fully saturated rings. The van der Waals surface area contributed by atoms with Gasteiger partial charge in [-0.1, -0.05) is 11.6 Å². The number of hydrogen-bond acceptors (Lipinski definition) is 3. The molecule has 8 heteroatoms. The summed E-state index contributed by atoms with van der Waals surface area (Å²) in [5.74, 6) is 0.533. The third-order valence-corrected chi connectivity index (χ3v) is 4.60. The van der Waals surface area contributed by atoms with Crippen LogP contribution in [0.1, 0.15) is 23.1 Å². The molecule has 1 aromatic heterocycles. The number of nitrogens with zero attached hydrogens (tertiary/aromatic N) is 2. The zero-order valence-corrected chi connectivity index (χ0v) is 14.3. The first-order valence-corrected chi connectivity index (χ1v) is 7.76. The van der Waals surface area contributed by atoms with Crippen LogP contribution in [0.4, 0.5) is 0 Å². The summed E-state index contributed by atoms with van der Waals surface area (Å²) in [7, 11) is 0. The smallest absolute Gasteiger partial charge is 0.251 e. The maximum Gasteiger partial charge on any atom is 0.251 e. The number of hydrogen-bond donors (Lipinski definition) is 2. The van der Waals surface area contributed by atoms with Gasteiger partial charge in [0.25, 0.3) is 5.91 Å². The number of aromatic nitrogens is 3. The minimum absolute atomic E-state index is 0.170. The van der Waals surface area contributed by atoms with E-state index in [1.165, 1.54) is 0 Å². The first kappa shape index (κ1) is 15.5. The molecule has 0 radical (unpaired) electrons. The van der Waals surface area contributed by atoms with Gasteiger partial charge in [0, 0.05) is 15.7 Å². The average Bonchev–Trinajstić information content (AvgIpc) is 2.79. The van der Waals surface area contributed by atoms with Gasteiger partial charge in [0.15, 0.2) is 10.6 Å². The van der Waals surface area contributed by atoms with E-state index in [1.807, 2.05) is 11.5 Å². The summed E-state index contributed by atoms with van der Waals surface area (Å²) in [4.78, 5) is 12.1. The van der Waals surface area contributed by atoms with Crippen LogP contribution in [0, 0.1) is 8.34 Å². The molecular formula is C12H12ClIN4OS. The first-order valence-electron chi connectivity index (χ1n) is 5.90. The Kier molecular flexibility index (Phi) is 5.17. The second kappa shape index (κ2) is 6.68. The van der Waals surface area contributed by atoms with Gasteiger partial charge in [0.2, 0.25) is 0 Å². The molecule has 5 nitrogen and oxygen atoms in total. The molecule has 0 saturated carbocycles. The number of amides is 1. The van der Waals surface area contributed by atoms with Crippen LogP contribution in [-0.2, 0) is 13.1 Å². The molecule has 1 amide bonds. The second-order valence-electron chi connectivity index (χ2n) is 4.00. The van der Waals surface area contributed by atoms with Crippen LogP contribution in [0.15, 0.2) is 18.2 Å². The van der Waals surface area contributed by atoms with Crippen LogP contribution in [0.2, 0.25) is 5.02 Å². The predicted molar refractivity (Wildman–Crippen MR) is 88.4 cm³/mol. The number of H-pyrrole nitrogens is 1. The number of carbonyl (C=O) groups is 1. The number of carbonyl (C=O) groups excluding carboxylic acids is 1. The Morgan fingerprint density at radius 2 is 2.35 bits per heavy atom. The fraction of sp³-hybridized carbons (Fsp3) is 0.250. The van der Waals surface area contributed by atoms with Gasteiger partial charge in [-0.3, -0.25) is 9.89 Å². The minimum Gasteiger partial charge on any atom is -0.345 e. The third-order valence-electron chi connectivity index (χ3n) is 2.74. The largest absolute Gasteiger partial charge is 0.345 e. The quantitative estimate of drug-likeness (QED) is 0.588. The number of nitrogens with one attached hydrogen (secondary N) is 2. The molecule has 2 aromatic rings. The summed E-state index contributed by atoms with van der Waals surface area (Å²) in [6.07, 6.45) is 0. The minimum atomic E-state index is -0.170. The Bertz CT molecular complexity index is 697. The number of halogens is 2. The number of benzene rings is 1. The highest BCUT2D eigenvalue weighted by Gasteiger charge is 2.10. The maximum atomic E-state index is 12.1. The molecule has 0 saturated heterocycles. The topological polar surface area (TPSA) is 62.7 Å². The Morgan fingerprint density at radius 1 is 1.60 bits per heavy atom. The van der Waals surface area contributed by atoms with Crippen LogP contribution in [0.3, 0.4) is 0 Å². The number of rotatable bonds is 4. The fourth-order valence-corrected chi connectivity index (χ4v) is 2.62. The molecule has 0 aliphatic carbocycles. The fourth-order valence-electron chi connectivity index (χ4n) is 1.71. The molecule has 106 valence electrons. The summed E-state index contributed by atoms with van der Waals surface area (Å²) in [5.41, 5.74) is 0.566. The summed E-state index contributed by atoms with van der Waals surface area (Å²) in [6, 6.07) is 5.15. The molecule has 0 aliphatic heterocycles. The van der Waals surface area contributed by atoms with Crippen LogP contribution in [0.25, 0.3) is 0 Å². The van der Waals surface area contributed by atoms with Crippen LogP contribution in [0.5, 0.6) is 0 Å². The van der Waals surface area contributed by atoms with Crippen molar-refractivity contribution in [2.75, 3.05) is 0 Å². The Labute approximate surface area is 139 Å². The van der Waals surface area contributed by atoms with Crippen molar-refractivity contribution in [2.24, 2.45) is 0 Å². The predicted octanol–water partition coefficient (Wildman–Crippen LogP) is 3.15. The van der Waals surface area contributed by atoms with E-state index in [2.05, 4.69) is 38.1 Å². The Morgan fingerprint density at radius 3 is 3.00 bits per heavy atom. The van der Waals surface area contributed by atoms with Crippen LogP contribution >= 0.6 is 46.4 Å². The zero-order valence-electron chi connectivity index (χ0n) is 10.6. The second-order valence-corrected chi connectivity index (χ2v) is 5.96. The van der Waals surface area contributed by atoms with Crippen molar-refractivity contribution in [3.63, 3.8) is 0 Å². The van der Waals surface area contributed by atoms with Crippen LogP contribution < -0.4 is 5.32 Å². The highest BCUT2D eigenvalue weighted by Crippen LogP contribution is 2.19. The molecule has 2 N–H and O–H groups in total. The van der Waals surface area contributed by atoms with Gasteiger partial charge >= 0.3 is 0 Å². The first-order chi connectivity index (χ1) is 9.52. The lowest BCUT2D eigenvalue weighted by atomic mass is 10.2. The normalized spacial score (nSPS) is 10.6. The van der Waals surface area contributed by atoms with Gasteiger partial charge in [0.05, 0.1) is 11.6 Å². The molecule has 1 aromatic carbocycles. The molecule has 0 unspecified atom stereocenters. The molecule has 0 bridgehead atoms. The standard InChI is InChI=1S/C12H12ClIN4OS/c1-2-18-10(16-17-12(18)20)6-15-11(19)7-3-4-8(13)9(14)5-7/h3-5H,2,6H2,1H3,(H,15,19)(H,17,20). The van der Waals surface area contributed by atoms with Crippen molar-refractivity contribution in [3.8, 4) is 0 Å². The Hall–Kier alpha value is -0.930. The van der Waals surface area contributed by atoms with E-state index in [0.29, 0.717) is 34.3 Å². The summed E-state index contributed by atoms with van der Waals surface area (Å²) in [5, 5.41) is 10.3. The molecule has 1 heterocycles. The van der Waals surface area contributed by atoms with E-state index in [4.69, 9.17) is 23.8 Å². The van der Waals surface area contributed by atoms with E-state index in [0.717, 1.165) is 3.57 Å². The van der Waals surface area contributed by atoms with Crippen molar-refractivity contribution >= 4 is 52.3 Å². The summed E-state index contributed by atoms with van der Waals surface area (Å²) < 4.78 is 3.23. The van der Waals surface area contributed by atoms with Gasteiger partial charge in [-0.25, -0.2) is 0 Å². The van der Waals surface area contributed by atoms with Gasteiger partial charge in [-0.05, 0) is 59.9 Å². The van der Waals surface area contributed by atoms with E-state index in [-0.39, 0.29) is 5.91 Å². The van der Waals surface area contributed by atoms with Gasteiger partial charge in [0.1, 0.15) is 0 Å². The highest BCUT2D eigenvalue weighted by molar-refractivity contribution is 14.1. The van der Waals surface area contributed by atoms with Crippen LogP contribution in [-0.4, -0.2) is 20.7 Å². The van der Waals surface area contributed by atoms with Gasteiger partial charge in [-0.15, -0.1) is 0 Å². The zero-order chi connectivity index (χ0) is 14.7. The molecule has 20 heavy (non-hydrogen) atoms. The molecule has 0 atom stereocenters. The molecule has 0 aliphatic rings. The Balaban J connectivity index is 2.08. The van der Waals surface area contributed by atoms with E-state index < -0.39 is 0 Å². The number of aromatic amines is 1. The molecule has 0 spiro atoms. The lowest BCUT2D eigenvalue weighted by Gasteiger charge is -2.07. The highest BCUT2D eigenvalue weighted by atomic mass is 127.